The molecule has 0 bridgehead atoms. The summed E-state index contributed by atoms with van der Waals surface area (Å²) in [6.07, 6.45) is 3.62. The Labute approximate surface area is 169 Å². The second kappa shape index (κ2) is 8.10. The number of rotatable bonds is 5. The molecule has 5 nitrogen and oxygen atoms in total. The smallest absolute Gasteiger partial charge is 0.256 e. The number of nitrogens with one attached hydrogen (secondary N) is 2. The van der Waals surface area contributed by atoms with Crippen LogP contribution in [0.3, 0.4) is 0 Å². The third-order valence-corrected chi connectivity index (χ3v) is 4.44. The van der Waals surface area contributed by atoms with Gasteiger partial charge in [-0.25, -0.2) is 9.97 Å². The molecule has 0 radical (unpaired) electrons. The van der Waals surface area contributed by atoms with E-state index in [2.05, 4.69) is 10.3 Å². The zero-order valence-corrected chi connectivity index (χ0v) is 16.3. The van der Waals surface area contributed by atoms with E-state index in [1.165, 1.54) is 0 Å². The molecule has 2 aromatic carbocycles. The highest BCUT2D eigenvalue weighted by atomic mass is 16.5. The van der Waals surface area contributed by atoms with E-state index in [1.807, 2.05) is 80.6 Å². The van der Waals surface area contributed by atoms with Crippen LogP contribution in [0.1, 0.15) is 24.2 Å². The summed E-state index contributed by atoms with van der Waals surface area (Å²) in [7, 11) is 0. The number of aromatic amines is 1. The fourth-order valence-corrected chi connectivity index (χ4v) is 3.18. The summed E-state index contributed by atoms with van der Waals surface area (Å²) in [5.41, 5.74) is 3.70. The van der Waals surface area contributed by atoms with Crippen LogP contribution in [0.2, 0.25) is 0 Å². The number of aromatic nitrogens is 2. The van der Waals surface area contributed by atoms with Crippen LogP contribution in [-0.2, 0) is 0 Å². The third kappa shape index (κ3) is 4.24. The largest absolute Gasteiger partial charge is 0.491 e. The molecule has 144 valence electrons. The minimum atomic E-state index is -0.175. The van der Waals surface area contributed by atoms with Crippen LogP contribution < -0.4 is 15.0 Å². The molecule has 1 amide bonds. The Hall–Kier alpha value is -3.73. The molecule has 0 saturated carbocycles. The van der Waals surface area contributed by atoms with Gasteiger partial charge in [0.2, 0.25) is 0 Å². The first-order valence-corrected chi connectivity index (χ1v) is 9.54. The van der Waals surface area contributed by atoms with Crippen LogP contribution in [0.25, 0.3) is 22.2 Å². The summed E-state index contributed by atoms with van der Waals surface area (Å²) in [6, 6.07) is 20.9. The molecule has 0 saturated heterocycles. The number of pyridine rings is 2. The van der Waals surface area contributed by atoms with Crippen molar-refractivity contribution in [1.29, 1.82) is 0 Å². The van der Waals surface area contributed by atoms with Gasteiger partial charge in [-0.3, -0.25) is 4.79 Å². The summed E-state index contributed by atoms with van der Waals surface area (Å²) in [6.45, 7) is 3.98. The van der Waals surface area contributed by atoms with Gasteiger partial charge in [-0.1, -0.05) is 30.3 Å². The SMILES string of the molecule is CC(C)Oc1cccc(-c2cc(C(=O)Nc3cc[nH+]cc3)c3ccccc3n2)c1. The number of anilines is 1. The number of carbonyl (C=O) groups is 1. The molecule has 0 unspecified atom stereocenters. The lowest BCUT2D eigenvalue weighted by atomic mass is 10.0. The number of nitrogens with zero attached hydrogens (tertiary/aromatic N) is 1. The molecule has 4 rings (SSSR count). The van der Waals surface area contributed by atoms with Crippen molar-refractivity contribution in [1.82, 2.24) is 4.98 Å². The Morgan fingerprint density at radius 3 is 2.59 bits per heavy atom. The van der Waals surface area contributed by atoms with Gasteiger partial charge in [-0.05, 0) is 38.1 Å². The van der Waals surface area contributed by atoms with Crippen molar-refractivity contribution in [2.75, 3.05) is 5.32 Å². The van der Waals surface area contributed by atoms with Crippen LogP contribution >= 0.6 is 0 Å². The van der Waals surface area contributed by atoms with Gasteiger partial charge in [0.15, 0.2) is 12.4 Å². The average molecular weight is 384 g/mol. The van der Waals surface area contributed by atoms with Crippen LogP contribution in [0, 0.1) is 0 Å². The third-order valence-electron chi connectivity index (χ3n) is 4.44. The number of amides is 1. The Bertz CT molecular complexity index is 1160. The fraction of sp³-hybridized carbons (Fsp3) is 0.125. The first-order chi connectivity index (χ1) is 14.1. The number of para-hydroxylation sites is 1. The quantitative estimate of drug-likeness (QED) is 0.540. The monoisotopic (exact) mass is 384 g/mol. The van der Waals surface area contributed by atoms with Gasteiger partial charge < -0.3 is 10.1 Å². The summed E-state index contributed by atoms with van der Waals surface area (Å²) < 4.78 is 5.81. The zero-order chi connectivity index (χ0) is 20.2. The van der Waals surface area contributed by atoms with Gasteiger partial charge in [0, 0.05) is 23.1 Å². The van der Waals surface area contributed by atoms with Crippen LogP contribution in [0.5, 0.6) is 5.75 Å². The Morgan fingerprint density at radius 1 is 1.00 bits per heavy atom. The van der Waals surface area contributed by atoms with Crippen molar-refractivity contribution in [3.63, 3.8) is 0 Å². The van der Waals surface area contributed by atoms with Gasteiger partial charge in [0.1, 0.15) is 5.75 Å². The Morgan fingerprint density at radius 2 is 1.79 bits per heavy atom. The van der Waals surface area contributed by atoms with Crippen molar-refractivity contribution in [2.45, 2.75) is 20.0 Å². The van der Waals surface area contributed by atoms with Gasteiger partial charge >= 0.3 is 0 Å². The lowest BCUT2D eigenvalue weighted by Crippen LogP contribution is -2.14. The molecule has 0 spiro atoms. The fourth-order valence-electron chi connectivity index (χ4n) is 3.18. The maximum Gasteiger partial charge on any atom is 0.256 e. The maximum absolute atomic E-state index is 13.1. The van der Waals surface area contributed by atoms with Crippen molar-refractivity contribution >= 4 is 22.5 Å². The normalized spacial score (nSPS) is 10.9. The van der Waals surface area contributed by atoms with Gasteiger partial charge in [0.05, 0.1) is 28.6 Å². The van der Waals surface area contributed by atoms with Crippen LogP contribution in [-0.4, -0.2) is 17.0 Å². The van der Waals surface area contributed by atoms with E-state index in [4.69, 9.17) is 9.72 Å². The number of hydrogen-bond acceptors (Lipinski definition) is 3. The highest BCUT2D eigenvalue weighted by Crippen LogP contribution is 2.28. The van der Waals surface area contributed by atoms with Crippen LogP contribution in [0.15, 0.2) is 79.1 Å². The second-order valence-corrected chi connectivity index (χ2v) is 7.01. The van der Waals surface area contributed by atoms with Crippen molar-refractivity contribution < 1.29 is 14.5 Å². The summed E-state index contributed by atoms with van der Waals surface area (Å²) in [5, 5.41) is 3.77. The molecule has 0 aliphatic rings. The molecule has 2 N–H and O–H groups in total. The van der Waals surface area contributed by atoms with E-state index < -0.39 is 0 Å². The lowest BCUT2D eigenvalue weighted by Gasteiger charge is -2.13. The van der Waals surface area contributed by atoms with Crippen LogP contribution in [0.4, 0.5) is 5.69 Å². The first-order valence-electron chi connectivity index (χ1n) is 9.54. The maximum atomic E-state index is 13.1. The molecule has 2 heterocycles. The van der Waals surface area contributed by atoms with Crippen molar-refractivity contribution in [3.8, 4) is 17.0 Å². The number of benzene rings is 2. The minimum absolute atomic E-state index is 0.0827. The molecule has 2 aromatic heterocycles. The van der Waals surface area contributed by atoms with E-state index in [-0.39, 0.29) is 12.0 Å². The molecule has 0 atom stereocenters. The van der Waals surface area contributed by atoms with Gasteiger partial charge in [-0.2, -0.15) is 0 Å². The topological polar surface area (TPSA) is 65.4 Å². The number of hydrogen-bond donors (Lipinski definition) is 1. The Balaban J connectivity index is 1.78. The van der Waals surface area contributed by atoms with Gasteiger partial charge in [-0.15, -0.1) is 0 Å². The number of H-pyrrole nitrogens is 1. The molecule has 4 aromatic rings. The predicted molar refractivity (Wildman–Crippen MR) is 114 cm³/mol. The highest BCUT2D eigenvalue weighted by molar-refractivity contribution is 6.13. The zero-order valence-electron chi connectivity index (χ0n) is 16.3. The molecule has 0 fully saturated rings. The molecule has 5 heteroatoms. The standard InChI is InChI=1S/C24H21N3O2/c1-16(2)29-19-7-5-6-17(14-19)23-15-21(20-8-3-4-9-22(20)27-23)24(28)26-18-10-12-25-13-11-18/h3-16H,1-2H3,(H,25,26,28)/p+1. The van der Waals surface area contributed by atoms with Crippen molar-refractivity contribution in [3.05, 3.63) is 84.7 Å². The van der Waals surface area contributed by atoms with E-state index in [1.54, 1.807) is 12.4 Å². The Kier molecular flexibility index (Phi) is 5.20. The van der Waals surface area contributed by atoms with E-state index in [0.29, 0.717) is 5.56 Å². The van der Waals surface area contributed by atoms with Crippen molar-refractivity contribution in [2.24, 2.45) is 0 Å². The summed E-state index contributed by atoms with van der Waals surface area (Å²) >= 11 is 0. The summed E-state index contributed by atoms with van der Waals surface area (Å²) in [5.74, 6) is 0.602. The number of ether oxygens (including phenoxy) is 1. The average Bonchev–Trinajstić information content (AvgIpc) is 2.73. The minimum Gasteiger partial charge on any atom is -0.491 e. The van der Waals surface area contributed by atoms with E-state index in [9.17, 15) is 4.79 Å². The predicted octanol–water partition coefficient (Wildman–Crippen LogP) is 4.76. The summed E-state index contributed by atoms with van der Waals surface area (Å²) in [4.78, 5) is 20.8. The van der Waals surface area contributed by atoms with Gasteiger partial charge in [0.25, 0.3) is 5.91 Å². The number of fused-ring (bicyclic) bond motifs is 1. The van der Waals surface area contributed by atoms with E-state index >= 15 is 0 Å². The molecule has 0 aliphatic carbocycles. The first kappa shape index (κ1) is 18.6. The van der Waals surface area contributed by atoms with E-state index in [0.717, 1.165) is 33.6 Å². The number of carbonyl (C=O) groups excluding carboxylic acids is 1. The molecular formula is C24H22N3O2+. The second-order valence-electron chi connectivity index (χ2n) is 7.01. The molecule has 0 aliphatic heterocycles. The highest BCUT2D eigenvalue weighted by Gasteiger charge is 2.15. The molecule has 29 heavy (non-hydrogen) atoms. The lowest BCUT2D eigenvalue weighted by molar-refractivity contribution is -0.377. The molecular weight excluding hydrogens is 362 g/mol.